The minimum absolute atomic E-state index is 0.230. The predicted molar refractivity (Wildman–Crippen MR) is 38.6 cm³/mol. The second kappa shape index (κ2) is 6.05. The fourth-order valence-corrected chi connectivity index (χ4v) is 0.699. The molecule has 0 bridgehead atoms. The molecule has 0 unspecified atom stereocenters. The van der Waals surface area contributed by atoms with Crippen LogP contribution >= 0.6 is 11.6 Å². The van der Waals surface area contributed by atoms with E-state index in [-0.39, 0.29) is 5.24 Å². The van der Waals surface area contributed by atoms with Gasteiger partial charge in [-0.1, -0.05) is 0 Å². The number of rotatable bonds is 5. The number of hydrogen-bond acceptors (Lipinski definition) is 2. The molecule has 0 saturated heterocycles. The normalized spacial score (nSPS) is 9.56. The lowest BCUT2D eigenvalue weighted by atomic mass is 10.2. The summed E-state index contributed by atoms with van der Waals surface area (Å²) in [5.74, 6) is 0. The van der Waals surface area contributed by atoms with Crippen molar-refractivity contribution >= 4 is 16.8 Å². The van der Waals surface area contributed by atoms with E-state index in [0.717, 1.165) is 19.4 Å². The van der Waals surface area contributed by atoms with E-state index in [4.69, 9.17) is 11.6 Å². The highest BCUT2D eigenvalue weighted by Crippen LogP contribution is 1.96. The number of hydrogen-bond donors (Lipinski definition) is 1. The van der Waals surface area contributed by atoms with Crippen LogP contribution in [-0.4, -0.2) is 18.8 Å². The fourth-order valence-electron chi connectivity index (χ4n) is 0.566. The van der Waals surface area contributed by atoms with Gasteiger partial charge in [0.15, 0.2) is 0 Å². The van der Waals surface area contributed by atoms with Gasteiger partial charge >= 0.3 is 0 Å². The average Bonchev–Trinajstić information content (AvgIpc) is 1.80. The number of unbranched alkanes of at least 4 members (excludes halogenated alkanes) is 1. The smallest absolute Gasteiger partial charge is 0.221 e. The van der Waals surface area contributed by atoms with Gasteiger partial charge in [-0.15, -0.1) is 0 Å². The second-order valence-electron chi connectivity index (χ2n) is 1.92. The molecule has 0 radical (unpaired) electrons. The van der Waals surface area contributed by atoms with Gasteiger partial charge < -0.3 is 5.32 Å². The zero-order valence-corrected chi connectivity index (χ0v) is 6.37. The maximum Gasteiger partial charge on any atom is 0.221 e. The van der Waals surface area contributed by atoms with Crippen LogP contribution in [0.2, 0.25) is 0 Å². The summed E-state index contributed by atoms with van der Waals surface area (Å²) in [6.07, 6.45) is 2.42. The molecule has 0 aliphatic rings. The van der Waals surface area contributed by atoms with Crippen molar-refractivity contribution in [2.75, 3.05) is 13.6 Å². The average molecular weight is 150 g/mol. The van der Waals surface area contributed by atoms with Gasteiger partial charge in [-0.05, 0) is 38.0 Å². The number of halogens is 1. The largest absolute Gasteiger partial charge is 0.320 e. The molecule has 0 aliphatic carbocycles. The molecule has 0 aliphatic heterocycles. The highest BCUT2D eigenvalue weighted by Gasteiger charge is 1.93. The highest BCUT2D eigenvalue weighted by molar-refractivity contribution is 6.63. The first kappa shape index (κ1) is 8.92. The van der Waals surface area contributed by atoms with Crippen LogP contribution in [0.3, 0.4) is 0 Å². The number of carbonyl (C=O) groups is 1. The second-order valence-corrected chi connectivity index (χ2v) is 2.34. The predicted octanol–water partition coefficient (Wildman–Crippen LogP) is 1.14. The molecule has 0 saturated carbocycles. The first-order valence-electron chi connectivity index (χ1n) is 3.10. The molecule has 0 heterocycles. The van der Waals surface area contributed by atoms with Crippen LogP contribution in [0.1, 0.15) is 19.3 Å². The van der Waals surface area contributed by atoms with Crippen LogP contribution < -0.4 is 5.32 Å². The van der Waals surface area contributed by atoms with E-state index in [1.54, 1.807) is 0 Å². The van der Waals surface area contributed by atoms with Gasteiger partial charge in [-0.25, -0.2) is 0 Å². The molecule has 2 nitrogen and oxygen atoms in total. The first-order chi connectivity index (χ1) is 4.27. The van der Waals surface area contributed by atoms with Crippen molar-refractivity contribution in [2.24, 2.45) is 0 Å². The maximum absolute atomic E-state index is 10.2. The van der Waals surface area contributed by atoms with E-state index in [9.17, 15) is 4.79 Å². The molecule has 0 amide bonds. The Morgan fingerprint density at radius 3 is 2.67 bits per heavy atom. The quantitative estimate of drug-likeness (QED) is 0.469. The van der Waals surface area contributed by atoms with Crippen molar-refractivity contribution in [3.8, 4) is 0 Å². The van der Waals surface area contributed by atoms with E-state index >= 15 is 0 Å². The molecule has 0 atom stereocenters. The van der Waals surface area contributed by atoms with E-state index in [1.165, 1.54) is 0 Å². The molecule has 0 aromatic rings. The number of carbonyl (C=O) groups excluding carboxylic acids is 1. The van der Waals surface area contributed by atoms with Crippen LogP contribution in [-0.2, 0) is 4.79 Å². The van der Waals surface area contributed by atoms with E-state index < -0.39 is 0 Å². The Bertz CT molecular complexity index is 85.1. The minimum Gasteiger partial charge on any atom is -0.320 e. The Morgan fingerprint density at radius 2 is 2.22 bits per heavy atom. The summed E-state index contributed by atoms with van der Waals surface area (Å²) in [6.45, 7) is 0.962. The molecule has 3 heteroatoms. The Balaban J connectivity index is 2.83. The van der Waals surface area contributed by atoms with Crippen molar-refractivity contribution < 1.29 is 4.79 Å². The molecule has 0 rings (SSSR count). The minimum atomic E-state index is -0.230. The topological polar surface area (TPSA) is 29.1 Å². The lowest BCUT2D eigenvalue weighted by Crippen LogP contribution is -2.07. The Morgan fingerprint density at radius 1 is 1.56 bits per heavy atom. The third kappa shape index (κ3) is 7.92. The molecule has 1 N–H and O–H groups in total. The summed E-state index contributed by atoms with van der Waals surface area (Å²) in [5.41, 5.74) is 0. The lowest BCUT2D eigenvalue weighted by molar-refractivity contribution is -0.111. The summed E-state index contributed by atoms with van der Waals surface area (Å²) in [6, 6.07) is 0. The summed E-state index contributed by atoms with van der Waals surface area (Å²) >= 11 is 5.10. The molecule has 0 aromatic carbocycles. The van der Waals surface area contributed by atoms with Gasteiger partial charge in [-0.3, -0.25) is 4.79 Å². The molecule has 54 valence electrons. The monoisotopic (exact) mass is 149 g/mol. The van der Waals surface area contributed by atoms with Crippen LogP contribution in [0.5, 0.6) is 0 Å². The van der Waals surface area contributed by atoms with Gasteiger partial charge in [0.1, 0.15) is 0 Å². The third-order valence-electron chi connectivity index (χ3n) is 1.05. The lowest BCUT2D eigenvalue weighted by Gasteiger charge is -1.94. The van der Waals surface area contributed by atoms with Crippen LogP contribution in [0.4, 0.5) is 0 Å². The molecular formula is C6H12ClNO. The van der Waals surface area contributed by atoms with Gasteiger partial charge in [0.05, 0.1) is 0 Å². The Labute approximate surface area is 60.6 Å². The summed E-state index contributed by atoms with van der Waals surface area (Å²) < 4.78 is 0. The zero-order chi connectivity index (χ0) is 7.11. The zero-order valence-electron chi connectivity index (χ0n) is 5.61. The maximum atomic E-state index is 10.2. The Kier molecular flexibility index (Phi) is 5.99. The van der Waals surface area contributed by atoms with Gasteiger partial charge in [-0.2, -0.15) is 0 Å². The van der Waals surface area contributed by atoms with Crippen molar-refractivity contribution in [3.63, 3.8) is 0 Å². The SMILES string of the molecule is CNCCCCC(=O)Cl. The molecule has 9 heavy (non-hydrogen) atoms. The van der Waals surface area contributed by atoms with Gasteiger partial charge in [0.25, 0.3) is 0 Å². The van der Waals surface area contributed by atoms with Crippen molar-refractivity contribution in [2.45, 2.75) is 19.3 Å². The summed E-state index contributed by atoms with van der Waals surface area (Å²) in [4.78, 5) is 10.2. The molecule has 0 aromatic heterocycles. The molecule has 0 spiro atoms. The van der Waals surface area contributed by atoms with Crippen molar-refractivity contribution in [1.29, 1.82) is 0 Å². The standard InChI is InChI=1S/C6H12ClNO/c1-8-5-3-2-4-6(7)9/h8H,2-5H2,1H3. The van der Waals surface area contributed by atoms with E-state index in [0.29, 0.717) is 6.42 Å². The van der Waals surface area contributed by atoms with Crippen LogP contribution in [0.25, 0.3) is 0 Å². The number of nitrogens with one attached hydrogen (secondary N) is 1. The van der Waals surface area contributed by atoms with Crippen LogP contribution in [0, 0.1) is 0 Å². The van der Waals surface area contributed by atoms with E-state index in [1.807, 2.05) is 7.05 Å². The van der Waals surface area contributed by atoms with Crippen LogP contribution in [0.15, 0.2) is 0 Å². The van der Waals surface area contributed by atoms with Gasteiger partial charge in [0.2, 0.25) is 5.24 Å². The van der Waals surface area contributed by atoms with E-state index in [2.05, 4.69) is 5.32 Å². The molecular weight excluding hydrogens is 138 g/mol. The van der Waals surface area contributed by atoms with Crippen molar-refractivity contribution in [1.82, 2.24) is 5.32 Å². The first-order valence-corrected chi connectivity index (χ1v) is 3.48. The summed E-state index contributed by atoms with van der Waals surface area (Å²) in [7, 11) is 1.89. The fraction of sp³-hybridized carbons (Fsp3) is 0.833. The Hall–Kier alpha value is -0.0800. The summed E-state index contributed by atoms with van der Waals surface area (Å²) in [5, 5.41) is 2.76. The highest BCUT2D eigenvalue weighted by atomic mass is 35.5. The third-order valence-corrected chi connectivity index (χ3v) is 1.24. The van der Waals surface area contributed by atoms with Gasteiger partial charge in [0, 0.05) is 6.42 Å². The van der Waals surface area contributed by atoms with Crippen molar-refractivity contribution in [3.05, 3.63) is 0 Å². The molecule has 0 fully saturated rings.